The Hall–Kier alpha value is -3.97. The minimum absolute atomic E-state index is 0.143. The van der Waals surface area contributed by atoms with Crippen LogP contribution in [-0.2, 0) is 5.75 Å². The highest BCUT2D eigenvalue weighted by molar-refractivity contribution is 7.98. The molecule has 0 fully saturated rings. The number of aromatic amines is 1. The lowest BCUT2D eigenvalue weighted by Gasteiger charge is -2.05. The van der Waals surface area contributed by atoms with Crippen LogP contribution in [0.5, 0.6) is 5.75 Å². The maximum Gasteiger partial charge on any atom is 0.270 e. The van der Waals surface area contributed by atoms with E-state index in [9.17, 15) is 14.4 Å². The van der Waals surface area contributed by atoms with Crippen LogP contribution in [0.4, 0.5) is 4.39 Å². The number of benzene rings is 2. The van der Waals surface area contributed by atoms with Crippen molar-refractivity contribution in [3.63, 3.8) is 0 Å². The Morgan fingerprint density at radius 3 is 2.52 bits per heavy atom. The lowest BCUT2D eigenvalue weighted by Crippen LogP contribution is -2.14. The van der Waals surface area contributed by atoms with Gasteiger partial charge in [-0.2, -0.15) is 5.26 Å². The maximum absolute atomic E-state index is 13.2. The molecule has 10 heteroatoms. The first kappa shape index (κ1) is 20.3. The van der Waals surface area contributed by atoms with Crippen molar-refractivity contribution in [1.82, 2.24) is 20.2 Å². The molecule has 4 aromatic rings. The minimum Gasteiger partial charge on any atom is -0.497 e. The van der Waals surface area contributed by atoms with E-state index in [0.29, 0.717) is 23.1 Å². The van der Waals surface area contributed by atoms with Gasteiger partial charge < -0.3 is 14.1 Å². The number of nitrogens with one attached hydrogen (secondary N) is 1. The molecule has 1 N–H and O–H groups in total. The fourth-order valence-electron chi connectivity index (χ4n) is 2.73. The zero-order valence-corrected chi connectivity index (χ0v) is 16.9. The Bertz CT molecular complexity index is 1310. The maximum atomic E-state index is 13.2. The van der Waals surface area contributed by atoms with Crippen LogP contribution in [0.1, 0.15) is 11.5 Å². The highest BCUT2D eigenvalue weighted by Crippen LogP contribution is 2.26. The molecule has 0 bridgehead atoms. The lowest BCUT2D eigenvalue weighted by atomic mass is 10.1. The summed E-state index contributed by atoms with van der Waals surface area (Å²) < 4.78 is 24.0. The van der Waals surface area contributed by atoms with E-state index in [4.69, 9.17) is 9.15 Å². The Kier molecular flexibility index (Phi) is 5.77. The first-order chi connectivity index (χ1) is 15.1. The molecule has 0 amide bonds. The van der Waals surface area contributed by atoms with Gasteiger partial charge in [0.15, 0.2) is 5.16 Å². The summed E-state index contributed by atoms with van der Waals surface area (Å²) in [6.07, 6.45) is 0. The Morgan fingerprint density at radius 1 is 1.13 bits per heavy atom. The van der Waals surface area contributed by atoms with Gasteiger partial charge >= 0.3 is 0 Å². The molecule has 31 heavy (non-hydrogen) atoms. The van der Waals surface area contributed by atoms with Crippen LogP contribution in [0.25, 0.3) is 22.7 Å². The third-order valence-electron chi connectivity index (χ3n) is 4.26. The van der Waals surface area contributed by atoms with Crippen molar-refractivity contribution in [3.05, 3.63) is 76.2 Å². The molecule has 0 unspecified atom stereocenters. The fourth-order valence-corrected chi connectivity index (χ4v) is 3.43. The molecule has 4 rings (SSSR count). The number of halogens is 1. The number of H-pyrrole nitrogens is 1. The summed E-state index contributed by atoms with van der Waals surface area (Å²) in [4.78, 5) is 19.2. The van der Waals surface area contributed by atoms with Gasteiger partial charge in [0.1, 0.15) is 23.2 Å². The molecule has 0 aliphatic carbocycles. The zero-order valence-electron chi connectivity index (χ0n) is 16.1. The summed E-state index contributed by atoms with van der Waals surface area (Å²) in [6.45, 7) is 0. The van der Waals surface area contributed by atoms with E-state index in [-0.39, 0.29) is 22.2 Å². The molecule has 2 aromatic carbocycles. The predicted molar refractivity (Wildman–Crippen MR) is 111 cm³/mol. The van der Waals surface area contributed by atoms with Crippen molar-refractivity contribution < 1.29 is 13.5 Å². The number of hydrogen-bond donors (Lipinski definition) is 1. The second kappa shape index (κ2) is 8.81. The molecule has 0 aliphatic rings. The van der Waals surface area contributed by atoms with Crippen LogP contribution in [0, 0.1) is 17.1 Å². The number of nitriles is 1. The largest absolute Gasteiger partial charge is 0.497 e. The summed E-state index contributed by atoms with van der Waals surface area (Å²) in [7, 11) is 1.58. The SMILES string of the molecule is COc1ccc(-c2nnc(CSc3nc(-c4ccc(F)cc4)c(C#N)c(=O)[nH]3)o2)cc1. The Balaban J connectivity index is 1.55. The third kappa shape index (κ3) is 4.46. The molecule has 0 spiro atoms. The minimum atomic E-state index is -0.580. The number of hydrogen-bond acceptors (Lipinski definition) is 8. The topological polar surface area (TPSA) is 118 Å². The van der Waals surface area contributed by atoms with Crippen molar-refractivity contribution in [2.75, 3.05) is 7.11 Å². The summed E-state index contributed by atoms with van der Waals surface area (Å²) in [6, 6.07) is 14.4. The molecular formula is C21H14FN5O3S. The van der Waals surface area contributed by atoms with Gasteiger partial charge in [0.2, 0.25) is 11.8 Å². The van der Waals surface area contributed by atoms with Crippen LogP contribution in [0.3, 0.4) is 0 Å². The van der Waals surface area contributed by atoms with Gasteiger partial charge in [-0.15, -0.1) is 10.2 Å². The van der Waals surface area contributed by atoms with Crippen molar-refractivity contribution in [1.29, 1.82) is 5.26 Å². The van der Waals surface area contributed by atoms with Crippen LogP contribution < -0.4 is 10.3 Å². The number of rotatable bonds is 6. The lowest BCUT2D eigenvalue weighted by molar-refractivity contribution is 0.415. The van der Waals surface area contributed by atoms with E-state index in [2.05, 4.69) is 20.2 Å². The fraction of sp³-hybridized carbons (Fsp3) is 0.0952. The van der Waals surface area contributed by atoms with Gasteiger partial charge in [-0.3, -0.25) is 4.79 Å². The molecule has 0 saturated heterocycles. The van der Waals surface area contributed by atoms with E-state index in [0.717, 1.165) is 5.56 Å². The molecule has 8 nitrogen and oxygen atoms in total. The average molecular weight is 435 g/mol. The molecule has 0 aliphatic heterocycles. The quantitative estimate of drug-likeness (QED) is 0.359. The number of ether oxygens (including phenoxy) is 1. The van der Waals surface area contributed by atoms with Gasteiger partial charge in [0.05, 0.1) is 18.6 Å². The van der Waals surface area contributed by atoms with E-state index >= 15 is 0 Å². The standard InChI is InChI=1S/C21H14FN5O3S/c1-29-15-8-4-13(5-9-15)20-27-26-17(30-20)11-31-21-24-18(16(10-23)19(28)25-21)12-2-6-14(22)7-3-12/h2-9H,11H2,1H3,(H,24,25,28). The second-order valence-corrected chi connectivity index (χ2v) is 7.20. The van der Waals surface area contributed by atoms with E-state index in [1.54, 1.807) is 31.4 Å². The monoisotopic (exact) mass is 435 g/mol. The Labute approximate surface area is 179 Å². The first-order valence-corrected chi connectivity index (χ1v) is 9.96. The molecular weight excluding hydrogens is 421 g/mol. The van der Waals surface area contributed by atoms with Gasteiger partial charge in [-0.25, -0.2) is 9.37 Å². The summed E-state index contributed by atoms with van der Waals surface area (Å²) in [5.74, 6) is 1.23. The van der Waals surface area contributed by atoms with Gasteiger partial charge in [-0.05, 0) is 48.5 Å². The van der Waals surface area contributed by atoms with Crippen LogP contribution in [-0.4, -0.2) is 27.3 Å². The van der Waals surface area contributed by atoms with Crippen LogP contribution in [0.15, 0.2) is 62.9 Å². The van der Waals surface area contributed by atoms with Crippen LogP contribution in [0.2, 0.25) is 0 Å². The zero-order chi connectivity index (χ0) is 21.8. The Morgan fingerprint density at radius 2 is 1.84 bits per heavy atom. The number of methoxy groups -OCH3 is 1. The van der Waals surface area contributed by atoms with Crippen molar-refractivity contribution in [2.45, 2.75) is 10.9 Å². The third-order valence-corrected chi connectivity index (χ3v) is 5.12. The van der Waals surface area contributed by atoms with E-state index < -0.39 is 11.4 Å². The molecule has 0 saturated carbocycles. The van der Waals surface area contributed by atoms with Crippen molar-refractivity contribution in [3.8, 4) is 34.5 Å². The number of thioether (sulfide) groups is 1. The normalized spacial score (nSPS) is 10.6. The molecule has 0 atom stereocenters. The smallest absolute Gasteiger partial charge is 0.270 e. The van der Waals surface area contributed by atoms with E-state index in [1.807, 2.05) is 6.07 Å². The van der Waals surface area contributed by atoms with Gasteiger partial charge in [0.25, 0.3) is 5.56 Å². The highest BCUT2D eigenvalue weighted by Gasteiger charge is 2.15. The van der Waals surface area contributed by atoms with Crippen LogP contribution >= 0.6 is 11.8 Å². The van der Waals surface area contributed by atoms with Gasteiger partial charge in [0, 0.05) is 11.1 Å². The van der Waals surface area contributed by atoms with Crippen molar-refractivity contribution >= 4 is 11.8 Å². The number of nitrogens with zero attached hydrogens (tertiary/aromatic N) is 4. The summed E-state index contributed by atoms with van der Waals surface area (Å²) in [5.41, 5.74) is 0.663. The summed E-state index contributed by atoms with van der Waals surface area (Å²) in [5, 5.41) is 17.6. The number of aromatic nitrogens is 4. The van der Waals surface area contributed by atoms with E-state index in [1.165, 1.54) is 36.0 Å². The molecule has 0 radical (unpaired) electrons. The average Bonchev–Trinajstić information content (AvgIpc) is 3.27. The first-order valence-electron chi connectivity index (χ1n) is 8.97. The predicted octanol–water partition coefficient (Wildman–Crippen LogP) is 3.80. The highest BCUT2D eigenvalue weighted by atomic mass is 32.2. The second-order valence-electron chi connectivity index (χ2n) is 6.23. The van der Waals surface area contributed by atoms with Crippen molar-refractivity contribution in [2.24, 2.45) is 0 Å². The van der Waals surface area contributed by atoms with Gasteiger partial charge in [-0.1, -0.05) is 11.8 Å². The molecule has 154 valence electrons. The summed E-state index contributed by atoms with van der Waals surface area (Å²) >= 11 is 1.17. The molecule has 2 aromatic heterocycles. The molecule has 2 heterocycles.